The number of hydrogen-bond donors (Lipinski definition) is 3. The molecule has 0 atom stereocenters. The Balaban J connectivity index is 0.00000220. The number of nitrogens with one attached hydrogen (secondary N) is 2. The molecule has 0 bridgehead atoms. The van der Waals surface area contributed by atoms with Crippen molar-refractivity contribution in [3.63, 3.8) is 0 Å². The molecular weight excluding hydrogens is 375 g/mol. The Morgan fingerprint density at radius 1 is 1.29 bits per heavy atom. The van der Waals surface area contributed by atoms with Crippen LogP contribution in [0.25, 0.3) is 10.9 Å². The molecule has 0 amide bonds. The Morgan fingerprint density at radius 2 is 2.10 bits per heavy atom. The summed E-state index contributed by atoms with van der Waals surface area (Å²) in [6, 6.07) is 8.39. The predicted molar refractivity (Wildman–Crippen MR) is 101 cm³/mol. The van der Waals surface area contributed by atoms with Crippen LogP contribution >= 0.6 is 24.0 Å². The molecule has 2 rings (SSSR count). The highest BCUT2D eigenvalue weighted by Crippen LogP contribution is 2.18. The number of fused-ring (bicyclic) bond motifs is 1. The lowest BCUT2D eigenvalue weighted by atomic mass is 10.1. The van der Waals surface area contributed by atoms with Crippen molar-refractivity contribution in [3.8, 4) is 0 Å². The summed E-state index contributed by atoms with van der Waals surface area (Å²) in [5.74, 6) is 0.567. The molecule has 0 aliphatic heterocycles. The second-order valence-corrected chi connectivity index (χ2v) is 5.01. The van der Waals surface area contributed by atoms with Crippen molar-refractivity contribution >= 4 is 40.8 Å². The van der Waals surface area contributed by atoms with E-state index in [0.717, 1.165) is 32.4 Å². The quantitative estimate of drug-likeness (QED) is 0.289. The van der Waals surface area contributed by atoms with Crippen LogP contribution < -0.4 is 11.1 Å². The third-order valence-corrected chi connectivity index (χ3v) is 3.40. The van der Waals surface area contributed by atoms with Crippen molar-refractivity contribution < 1.29 is 0 Å². The lowest BCUT2D eigenvalue weighted by Crippen LogP contribution is -2.32. The molecule has 1 aromatic heterocycles. The molecule has 0 fully saturated rings. The van der Waals surface area contributed by atoms with E-state index in [1.165, 1.54) is 22.9 Å². The van der Waals surface area contributed by atoms with Gasteiger partial charge in [0, 0.05) is 30.2 Å². The van der Waals surface area contributed by atoms with Gasteiger partial charge in [-0.25, -0.2) is 0 Å². The van der Waals surface area contributed by atoms with Gasteiger partial charge in [-0.3, -0.25) is 4.99 Å². The fourth-order valence-corrected chi connectivity index (χ4v) is 2.26. The van der Waals surface area contributed by atoms with Gasteiger partial charge in [-0.1, -0.05) is 31.5 Å². The molecule has 0 aliphatic rings. The van der Waals surface area contributed by atoms with Gasteiger partial charge in [-0.2, -0.15) is 0 Å². The first-order valence-electron chi connectivity index (χ1n) is 7.40. The molecule has 0 aliphatic carbocycles. The standard InChI is InChI=1S/C16H24N4.HI/c1-2-3-10-18-16(17)19-11-6-7-13-12-20-15-9-5-4-8-14(13)15;/h4-5,8-9,12,20H,2-3,6-7,10-11H2,1H3,(H3,17,18,19);1H. The van der Waals surface area contributed by atoms with Gasteiger partial charge in [0.05, 0.1) is 0 Å². The van der Waals surface area contributed by atoms with Crippen LogP contribution in [0.15, 0.2) is 35.5 Å². The molecule has 116 valence electrons. The summed E-state index contributed by atoms with van der Waals surface area (Å²) >= 11 is 0. The molecule has 4 N–H and O–H groups in total. The summed E-state index contributed by atoms with van der Waals surface area (Å²) in [6.45, 7) is 3.84. The van der Waals surface area contributed by atoms with E-state index in [-0.39, 0.29) is 24.0 Å². The first-order chi connectivity index (χ1) is 9.81. The number of rotatable bonds is 7. The zero-order chi connectivity index (χ0) is 14.2. The minimum atomic E-state index is 0. The first-order valence-corrected chi connectivity index (χ1v) is 7.40. The van der Waals surface area contributed by atoms with Gasteiger partial charge in [-0.15, -0.1) is 24.0 Å². The molecule has 21 heavy (non-hydrogen) atoms. The van der Waals surface area contributed by atoms with Crippen molar-refractivity contribution in [2.24, 2.45) is 10.7 Å². The monoisotopic (exact) mass is 400 g/mol. The molecule has 5 heteroatoms. The largest absolute Gasteiger partial charge is 0.370 e. The van der Waals surface area contributed by atoms with Crippen LogP contribution in [0.3, 0.4) is 0 Å². The molecule has 0 spiro atoms. The highest BCUT2D eigenvalue weighted by molar-refractivity contribution is 14.0. The third kappa shape index (κ3) is 5.57. The van der Waals surface area contributed by atoms with E-state index in [2.05, 4.69) is 52.7 Å². The number of benzene rings is 1. The minimum absolute atomic E-state index is 0. The van der Waals surface area contributed by atoms with Crippen molar-refractivity contribution in [1.29, 1.82) is 0 Å². The van der Waals surface area contributed by atoms with Crippen LogP contribution in [-0.2, 0) is 6.42 Å². The number of nitrogens with two attached hydrogens (primary N) is 1. The van der Waals surface area contributed by atoms with E-state index in [9.17, 15) is 0 Å². The Morgan fingerprint density at radius 3 is 2.90 bits per heavy atom. The molecule has 0 saturated carbocycles. The normalized spacial score (nSPS) is 11.4. The molecule has 1 aromatic carbocycles. The van der Waals surface area contributed by atoms with E-state index in [0.29, 0.717) is 5.96 Å². The van der Waals surface area contributed by atoms with Gasteiger partial charge < -0.3 is 16.0 Å². The average Bonchev–Trinajstić information content (AvgIpc) is 2.87. The summed E-state index contributed by atoms with van der Waals surface area (Å²) in [5, 5.41) is 4.44. The SMILES string of the molecule is CCCCNC(N)=NCCCc1c[nH]c2ccccc12.I. The van der Waals surface area contributed by atoms with E-state index in [4.69, 9.17) is 5.73 Å². The maximum Gasteiger partial charge on any atom is 0.188 e. The second kappa shape index (κ2) is 9.65. The Bertz CT molecular complexity index is 562. The maximum absolute atomic E-state index is 5.80. The van der Waals surface area contributed by atoms with E-state index in [1.807, 2.05) is 0 Å². The summed E-state index contributed by atoms with van der Waals surface area (Å²) in [6.07, 6.45) is 6.43. The van der Waals surface area contributed by atoms with Crippen LogP contribution in [0.4, 0.5) is 0 Å². The maximum atomic E-state index is 5.80. The number of para-hydroxylation sites is 1. The van der Waals surface area contributed by atoms with Crippen molar-refractivity contribution in [2.75, 3.05) is 13.1 Å². The number of aliphatic imine (C=N–C) groups is 1. The summed E-state index contributed by atoms with van der Waals surface area (Å²) in [4.78, 5) is 7.65. The van der Waals surface area contributed by atoms with Gasteiger partial charge in [-0.05, 0) is 30.9 Å². The van der Waals surface area contributed by atoms with E-state index in [1.54, 1.807) is 0 Å². The van der Waals surface area contributed by atoms with Crippen molar-refractivity contribution in [3.05, 3.63) is 36.0 Å². The van der Waals surface area contributed by atoms with Gasteiger partial charge >= 0.3 is 0 Å². The van der Waals surface area contributed by atoms with Crippen LogP contribution in [-0.4, -0.2) is 24.0 Å². The Labute approximate surface area is 143 Å². The van der Waals surface area contributed by atoms with Gasteiger partial charge in [0.2, 0.25) is 0 Å². The number of aromatic amines is 1. The molecule has 0 radical (unpaired) electrons. The fraction of sp³-hybridized carbons (Fsp3) is 0.438. The molecule has 4 nitrogen and oxygen atoms in total. The fourth-order valence-electron chi connectivity index (χ4n) is 2.26. The zero-order valence-electron chi connectivity index (χ0n) is 12.6. The van der Waals surface area contributed by atoms with Crippen molar-refractivity contribution in [1.82, 2.24) is 10.3 Å². The minimum Gasteiger partial charge on any atom is -0.370 e. The Kier molecular flexibility index (Phi) is 8.19. The second-order valence-electron chi connectivity index (χ2n) is 5.01. The smallest absolute Gasteiger partial charge is 0.188 e. The van der Waals surface area contributed by atoms with Crippen LogP contribution in [0.1, 0.15) is 31.7 Å². The molecule has 2 aromatic rings. The first kappa shape index (κ1) is 17.8. The van der Waals surface area contributed by atoms with Crippen LogP contribution in [0, 0.1) is 0 Å². The highest BCUT2D eigenvalue weighted by atomic mass is 127. The summed E-state index contributed by atoms with van der Waals surface area (Å²) < 4.78 is 0. The molecule has 0 unspecified atom stereocenters. The lowest BCUT2D eigenvalue weighted by Gasteiger charge is -2.04. The van der Waals surface area contributed by atoms with Crippen LogP contribution in [0.2, 0.25) is 0 Å². The Hall–Kier alpha value is -1.24. The highest BCUT2D eigenvalue weighted by Gasteiger charge is 2.01. The number of H-pyrrole nitrogens is 1. The van der Waals surface area contributed by atoms with Gasteiger partial charge in [0.15, 0.2) is 5.96 Å². The average molecular weight is 400 g/mol. The number of guanidine groups is 1. The number of halogens is 1. The zero-order valence-corrected chi connectivity index (χ0v) is 14.9. The predicted octanol–water partition coefficient (Wildman–Crippen LogP) is 3.42. The third-order valence-electron chi connectivity index (χ3n) is 3.40. The summed E-state index contributed by atoms with van der Waals surface area (Å²) in [7, 11) is 0. The van der Waals surface area contributed by atoms with E-state index >= 15 is 0 Å². The number of aryl methyl sites for hydroxylation is 1. The van der Waals surface area contributed by atoms with Crippen molar-refractivity contribution in [2.45, 2.75) is 32.6 Å². The number of unbranched alkanes of at least 4 members (excludes halogenated alkanes) is 1. The molecule has 0 saturated heterocycles. The number of nitrogens with zero attached hydrogens (tertiary/aromatic N) is 1. The summed E-state index contributed by atoms with van der Waals surface area (Å²) in [5.41, 5.74) is 8.35. The lowest BCUT2D eigenvalue weighted by molar-refractivity contribution is 0.744. The number of aromatic nitrogens is 1. The molecule has 1 heterocycles. The van der Waals surface area contributed by atoms with E-state index < -0.39 is 0 Å². The van der Waals surface area contributed by atoms with Gasteiger partial charge in [0.1, 0.15) is 0 Å². The van der Waals surface area contributed by atoms with Gasteiger partial charge in [0.25, 0.3) is 0 Å². The van der Waals surface area contributed by atoms with Crippen LogP contribution in [0.5, 0.6) is 0 Å². The number of hydrogen-bond acceptors (Lipinski definition) is 1. The molecular formula is C16H25IN4. The topological polar surface area (TPSA) is 66.2 Å².